The van der Waals surface area contributed by atoms with Crippen LogP contribution in [0.3, 0.4) is 0 Å². The SMILES string of the molecule is CCCNC(CCc1ccco1)c1ccc(Br)c(Cl)c1F. The average Bonchev–Trinajstić information content (AvgIpc) is 2.99. The standard InChI is InChI=1S/C16H18BrClFNO/c1-2-9-20-14(8-5-11-4-3-10-21-11)12-6-7-13(17)15(18)16(12)19/h3-4,6-7,10,14,20H,2,5,8-9H2,1H3. The van der Waals surface area contributed by atoms with Gasteiger partial charge in [0.25, 0.3) is 0 Å². The van der Waals surface area contributed by atoms with Gasteiger partial charge in [0, 0.05) is 22.5 Å². The highest BCUT2D eigenvalue weighted by atomic mass is 79.9. The van der Waals surface area contributed by atoms with Gasteiger partial charge in [-0.3, -0.25) is 0 Å². The molecule has 0 saturated carbocycles. The molecule has 0 aliphatic heterocycles. The molecular formula is C16H18BrClFNO. The summed E-state index contributed by atoms with van der Waals surface area (Å²) in [6.45, 7) is 2.91. The lowest BCUT2D eigenvalue weighted by atomic mass is 10.0. The summed E-state index contributed by atoms with van der Waals surface area (Å²) in [6, 6.07) is 7.28. The Bertz CT molecular complexity index is 574. The Balaban J connectivity index is 2.16. The van der Waals surface area contributed by atoms with Crippen molar-refractivity contribution in [2.75, 3.05) is 6.54 Å². The lowest BCUT2D eigenvalue weighted by Gasteiger charge is -2.20. The molecule has 114 valence electrons. The first-order chi connectivity index (χ1) is 10.1. The number of aryl methyl sites for hydroxylation is 1. The van der Waals surface area contributed by atoms with Crippen LogP contribution >= 0.6 is 27.5 Å². The number of benzene rings is 1. The van der Waals surface area contributed by atoms with E-state index in [4.69, 9.17) is 16.0 Å². The van der Waals surface area contributed by atoms with Crippen LogP contribution in [0, 0.1) is 5.82 Å². The van der Waals surface area contributed by atoms with E-state index in [1.165, 1.54) is 0 Å². The molecule has 1 aromatic carbocycles. The quantitative estimate of drug-likeness (QED) is 0.647. The molecule has 0 aliphatic carbocycles. The number of rotatable bonds is 7. The highest BCUT2D eigenvalue weighted by Crippen LogP contribution is 2.32. The Morgan fingerprint density at radius 2 is 2.19 bits per heavy atom. The van der Waals surface area contributed by atoms with E-state index < -0.39 is 0 Å². The van der Waals surface area contributed by atoms with Crippen LogP contribution in [0.4, 0.5) is 4.39 Å². The Morgan fingerprint density at radius 3 is 2.86 bits per heavy atom. The second-order valence-electron chi connectivity index (χ2n) is 4.89. The van der Waals surface area contributed by atoms with Crippen LogP contribution in [0.1, 0.15) is 37.1 Å². The summed E-state index contributed by atoms with van der Waals surface area (Å²) in [5.41, 5.74) is 0.600. The van der Waals surface area contributed by atoms with Gasteiger partial charge in [-0.2, -0.15) is 0 Å². The molecular weight excluding hydrogens is 357 g/mol. The molecule has 0 aliphatic rings. The summed E-state index contributed by atoms with van der Waals surface area (Å²) in [4.78, 5) is 0. The second kappa shape index (κ2) is 7.97. The zero-order chi connectivity index (χ0) is 15.2. The first-order valence-electron chi connectivity index (χ1n) is 7.02. The number of nitrogens with one attached hydrogen (secondary N) is 1. The lowest BCUT2D eigenvalue weighted by Crippen LogP contribution is -2.23. The topological polar surface area (TPSA) is 25.2 Å². The van der Waals surface area contributed by atoms with E-state index in [-0.39, 0.29) is 16.9 Å². The molecule has 0 bridgehead atoms. The molecule has 1 unspecified atom stereocenters. The summed E-state index contributed by atoms with van der Waals surface area (Å²) < 4.78 is 20.3. The fourth-order valence-electron chi connectivity index (χ4n) is 2.24. The Hall–Kier alpha value is -0.840. The van der Waals surface area contributed by atoms with E-state index in [0.29, 0.717) is 10.0 Å². The number of halogens is 3. The first-order valence-corrected chi connectivity index (χ1v) is 8.19. The smallest absolute Gasteiger partial charge is 0.147 e. The average molecular weight is 375 g/mol. The fraction of sp³-hybridized carbons (Fsp3) is 0.375. The van der Waals surface area contributed by atoms with E-state index in [0.717, 1.165) is 31.6 Å². The van der Waals surface area contributed by atoms with Gasteiger partial charge in [-0.05, 0) is 53.5 Å². The molecule has 2 aromatic rings. The van der Waals surface area contributed by atoms with Crippen molar-refractivity contribution in [3.8, 4) is 0 Å². The van der Waals surface area contributed by atoms with Crippen LogP contribution in [0.15, 0.2) is 39.4 Å². The minimum atomic E-state index is -0.362. The van der Waals surface area contributed by atoms with E-state index in [2.05, 4.69) is 28.2 Å². The minimum absolute atomic E-state index is 0.0827. The molecule has 2 nitrogen and oxygen atoms in total. The molecule has 1 heterocycles. The van der Waals surface area contributed by atoms with E-state index in [9.17, 15) is 4.39 Å². The maximum absolute atomic E-state index is 14.4. The minimum Gasteiger partial charge on any atom is -0.469 e. The van der Waals surface area contributed by atoms with Crippen molar-refractivity contribution in [2.45, 2.75) is 32.2 Å². The van der Waals surface area contributed by atoms with Crippen LogP contribution < -0.4 is 5.32 Å². The molecule has 0 saturated heterocycles. The van der Waals surface area contributed by atoms with Crippen molar-refractivity contribution in [2.24, 2.45) is 0 Å². The van der Waals surface area contributed by atoms with E-state index in [1.807, 2.05) is 12.1 Å². The van der Waals surface area contributed by atoms with Gasteiger partial charge in [0.2, 0.25) is 0 Å². The molecule has 21 heavy (non-hydrogen) atoms. The summed E-state index contributed by atoms with van der Waals surface area (Å²) in [5.74, 6) is 0.543. The highest BCUT2D eigenvalue weighted by molar-refractivity contribution is 9.10. The van der Waals surface area contributed by atoms with Gasteiger partial charge in [-0.1, -0.05) is 24.6 Å². The van der Waals surface area contributed by atoms with E-state index >= 15 is 0 Å². The van der Waals surface area contributed by atoms with Crippen molar-refractivity contribution in [3.05, 3.63) is 57.2 Å². The zero-order valence-electron chi connectivity index (χ0n) is 11.8. The van der Waals surface area contributed by atoms with Gasteiger partial charge < -0.3 is 9.73 Å². The Kier molecular flexibility index (Phi) is 6.27. The molecule has 5 heteroatoms. The maximum atomic E-state index is 14.4. The predicted octanol–water partition coefficient (Wildman–Crippen LogP) is 5.51. The van der Waals surface area contributed by atoms with Gasteiger partial charge >= 0.3 is 0 Å². The molecule has 1 atom stereocenters. The summed E-state index contributed by atoms with van der Waals surface area (Å²) in [5, 5.41) is 3.51. The van der Waals surface area contributed by atoms with Gasteiger partial charge in [-0.15, -0.1) is 0 Å². The largest absolute Gasteiger partial charge is 0.469 e. The highest BCUT2D eigenvalue weighted by Gasteiger charge is 2.19. The van der Waals surface area contributed by atoms with Crippen molar-refractivity contribution < 1.29 is 8.81 Å². The molecule has 0 radical (unpaired) electrons. The normalized spacial score (nSPS) is 12.6. The summed E-state index contributed by atoms with van der Waals surface area (Å²) >= 11 is 9.24. The Labute approximate surface area is 137 Å². The van der Waals surface area contributed by atoms with Crippen LogP contribution in [-0.4, -0.2) is 6.54 Å². The van der Waals surface area contributed by atoms with Gasteiger partial charge in [0.05, 0.1) is 11.3 Å². The monoisotopic (exact) mass is 373 g/mol. The van der Waals surface area contributed by atoms with Crippen molar-refractivity contribution >= 4 is 27.5 Å². The van der Waals surface area contributed by atoms with Crippen molar-refractivity contribution in [3.63, 3.8) is 0 Å². The lowest BCUT2D eigenvalue weighted by molar-refractivity contribution is 0.440. The summed E-state index contributed by atoms with van der Waals surface area (Å²) in [6.07, 6.45) is 4.15. The van der Waals surface area contributed by atoms with Crippen LogP contribution in [0.25, 0.3) is 0 Å². The van der Waals surface area contributed by atoms with Crippen molar-refractivity contribution in [1.82, 2.24) is 5.32 Å². The first kappa shape index (κ1) is 16.5. The van der Waals surface area contributed by atoms with E-state index in [1.54, 1.807) is 18.4 Å². The van der Waals surface area contributed by atoms with Crippen molar-refractivity contribution in [1.29, 1.82) is 0 Å². The third-order valence-electron chi connectivity index (χ3n) is 3.34. The van der Waals surface area contributed by atoms with Crippen LogP contribution in [0.2, 0.25) is 5.02 Å². The third kappa shape index (κ3) is 4.31. The van der Waals surface area contributed by atoms with Crippen LogP contribution in [0.5, 0.6) is 0 Å². The molecule has 2 rings (SSSR count). The zero-order valence-corrected chi connectivity index (χ0v) is 14.2. The number of furan rings is 1. The van der Waals surface area contributed by atoms with Crippen LogP contribution in [-0.2, 0) is 6.42 Å². The third-order valence-corrected chi connectivity index (χ3v) is 4.60. The van der Waals surface area contributed by atoms with Gasteiger partial charge in [0.15, 0.2) is 0 Å². The molecule has 1 aromatic heterocycles. The maximum Gasteiger partial charge on any atom is 0.147 e. The van der Waals surface area contributed by atoms with Gasteiger partial charge in [-0.25, -0.2) is 4.39 Å². The number of hydrogen-bond acceptors (Lipinski definition) is 2. The molecule has 0 fully saturated rings. The molecule has 0 amide bonds. The number of hydrogen-bond donors (Lipinski definition) is 1. The predicted molar refractivity (Wildman–Crippen MR) is 87.2 cm³/mol. The summed E-state index contributed by atoms with van der Waals surface area (Å²) in [7, 11) is 0. The second-order valence-corrected chi connectivity index (χ2v) is 6.12. The van der Waals surface area contributed by atoms with Gasteiger partial charge in [0.1, 0.15) is 11.6 Å². The molecule has 0 spiro atoms. The molecule has 1 N–H and O–H groups in total. The fourth-order valence-corrected chi connectivity index (χ4v) is 2.72. The Morgan fingerprint density at radius 1 is 1.38 bits per heavy atom.